The quantitative estimate of drug-likeness (QED) is 0.841. The number of nitrogens with one attached hydrogen (secondary N) is 2. The summed E-state index contributed by atoms with van der Waals surface area (Å²) >= 11 is 0. The molecule has 2 atom stereocenters. The zero-order valence-corrected chi connectivity index (χ0v) is 15.9. The number of hydrogen-bond acceptors (Lipinski definition) is 5. The average Bonchev–Trinajstić information content (AvgIpc) is 2.93. The lowest BCUT2D eigenvalue weighted by Crippen LogP contribution is -2.23. The van der Waals surface area contributed by atoms with Gasteiger partial charge in [0, 0.05) is 24.8 Å². The molecule has 26 heavy (non-hydrogen) atoms. The summed E-state index contributed by atoms with van der Waals surface area (Å²) in [5.74, 6) is -0.127. The molecule has 1 aliphatic rings. The first-order valence-corrected chi connectivity index (χ1v) is 10.3. The maximum absolute atomic E-state index is 12.4. The molecule has 0 aliphatic carbocycles. The van der Waals surface area contributed by atoms with E-state index in [0.29, 0.717) is 17.0 Å². The lowest BCUT2D eigenvalue weighted by atomic mass is 10.1. The Morgan fingerprint density at radius 2 is 1.88 bits per heavy atom. The van der Waals surface area contributed by atoms with Crippen molar-refractivity contribution in [1.29, 1.82) is 0 Å². The van der Waals surface area contributed by atoms with Crippen molar-refractivity contribution in [2.24, 2.45) is 0 Å². The van der Waals surface area contributed by atoms with Crippen molar-refractivity contribution in [2.75, 3.05) is 5.75 Å². The molecule has 0 spiro atoms. The molecule has 1 aromatic heterocycles. The molecule has 0 bridgehead atoms. The molecular formula is C19H23N3O3S. The molecule has 6 nitrogen and oxygen atoms in total. The molecule has 2 heterocycles. The Balaban J connectivity index is 1.67. The molecule has 0 saturated carbocycles. The monoisotopic (exact) mass is 373 g/mol. The Kier molecular flexibility index (Phi) is 5.11. The van der Waals surface area contributed by atoms with Crippen LogP contribution in [-0.2, 0) is 16.4 Å². The van der Waals surface area contributed by atoms with Crippen LogP contribution in [0.4, 0.5) is 0 Å². The number of carbonyl (C=O) groups excluding carboxylic acids is 1. The predicted molar refractivity (Wildman–Crippen MR) is 99.5 cm³/mol. The van der Waals surface area contributed by atoms with E-state index >= 15 is 0 Å². The van der Waals surface area contributed by atoms with Crippen molar-refractivity contribution >= 4 is 15.7 Å². The topological polar surface area (TPSA) is 88.2 Å². The molecule has 138 valence electrons. The Morgan fingerprint density at radius 3 is 2.54 bits per heavy atom. The summed E-state index contributed by atoms with van der Waals surface area (Å²) in [7, 11) is -3.21. The molecule has 1 aliphatic heterocycles. The van der Waals surface area contributed by atoms with E-state index in [1.165, 1.54) is 0 Å². The smallest absolute Gasteiger partial charge is 0.253 e. The molecule has 2 N–H and O–H groups in total. The minimum Gasteiger partial charge on any atom is -0.348 e. The molecule has 0 radical (unpaired) electrons. The number of benzene rings is 1. The number of rotatable bonds is 5. The van der Waals surface area contributed by atoms with Crippen LogP contribution in [0.5, 0.6) is 0 Å². The van der Waals surface area contributed by atoms with Gasteiger partial charge in [-0.2, -0.15) is 0 Å². The van der Waals surface area contributed by atoms with Crippen LogP contribution in [0.1, 0.15) is 60.0 Å². The maximum atomic E-state index is 12.4. The Bertz CT molecular complexity index is 924. The van der Waals surface area contributed by atoms with Crippen LogP contribution in [0, 0.1) is 0 Å². The summed E-state index contributed by atoms with van der Waals surface area (Å²) in [5.41, 5.74) is 3.41. The van der Waals surface area contributed by atoms with Crippen molar-refractivity contribution in [3.05, 3.63) is 58.9 Å². The maximum Gasteiger partial charge on any atom is 0.253 e. The van der Waals surface area contributed by atoms with Crippen molar-refractivity contribution in [2.45, 2.75) is 44.3 Å². The lowest BCUT2D eigenvalue weighted by Gasteiger charge is -2.09. The Morgan fingerprint density at radius 1 is 1.19 bits per heavy atom. The average molecular weight is 373 g/mol. The van der Waals surface area contributed by atoms with E-state index in [1.54, 1.807) is 37.4 Å². The summed E-state index contributed by atoms with van der Waals surface area (Å²) < 4.78 is 23.6. The van der Waals surface area contributed by atoms with Crippen LogP contribution in [0.15, 0.2) is 41.4 Å². The summed E-state index contributed by atoms with van der Waals surface area (Å²) in [6.07, 6.45) is 1.60. The van der Waals surface area contributed by atoms with E-state index in [1.807, 2.05) is 6.07 Å². The number of pyridine rings is 1. The highest BCUT2D eigenvalue weighted by Gasteiger charge is 2.26. The van der Waals surface area contributed by atoms with Crippen LogP contribution in [0.3, 0.4) is 0 Å². The summed E-state index contributed by atoms with van der Waals surface area (Å²) in [4.78, 5) is 17.1. The van der Waals surface area contributed by atoms with Crippen molar-refractivity contribution in [3.63, 3.8) is 0 Å². The highest BCUT2D eigenvalue weighted by atomic mass is 32.2. The van der Waals surface area contributed by atoms with Crippen LogP contribution >= 0.6 is 0 Å². The Hall–Kier alpha value is -2.25. The third-order valence-electron chi connectivity index (χ3n) is 4.70. The molecule has 0 saturated heterocycles. The van der Waals surface area contributed by atoms with Crippen LogP contribution in [0.2, 0.25) is 0 Å². The van der Waals surface area contributed by atoms with Gasteiger partial charge in [-0.25, -0.2) is 8.42 Å². The van der Waals surface area contributed by atoms with Crippen LogP contribution < -0.4 is 10.6 Å². The Labute approximate surface area is 154 Å². The predicted octanol–water partition coefficient (Wildman–Crippen LogP) is 2.53. The largest absolute Gasteiger partial charge is 0.348 e. The van der Waals surface area contributed by atoms with E-state index in [9.17, 15) is 13.2 Å². The van der Waals surface area contributed by atoms with Crippen LogP contribution in [0.25, 0.3) is 0 Å². The van der Waals surface area contributed by atoms with E-state index < -0.39 is 9.84 Å². The van der Waals surface area contributed by atoms with Gasteiger partial charge in [-0.05, 0) is 43.2 Å². The fourth-order valence-electron chi connectivity index (χ4n) is 3.13. The zero-order valence-electron chi connectivity index (χ0n) is 15.1. The second-order valence-electron chi connectivity index (χ2n) is 6.54. The fraction of sp³-hybridized carbons (Fsp3) is 0.368. The number of aromatic nitrogens is 1. The van der Waals surface area contributed by atoms with Gasteiger partial charge in [0.25, 0.3) is 5.91 Å². The summed E-state index contributed by atoms with van der Waals surface area (Å²) in [6.45, 7) is 6.05. The van der Waals surface area contributed by atoms with Gasteiger partial charge in [0.15, 0.2) is 9.84 Å². The first kappa shape index (κ1) is 18.5. The first-order chi connectivity index (χ1) is 12.3. The fourth-order valence-corrected chi connectivity index (χ4v) is 4.02. The van der Waals surface area contributed by atoms with E-state index in [4.69, 9.17) is 0 Å². The van der Waals surface area contributed by atoms with Gasteiger partial charge < -0.3 is 10.6 Å². The number of hydrogen-bond donors (Lipinski definition) is 2. The van der Waals surface area contributed by atoms with E-state index in [2.05, 4.69) is 29.5 Å². The third-order valence-corrected chi connectivity index (χ3v) is 6.45. The van der Waals surface area contributed by atoms with Gasteiger partial charge in [-0.1, -0.05) is 19.1 Å². The SMILES string of the molecule is CCS(=O)(=O)c1ccc(CNC(=O)c2cnc3c(c2)C(C)N[C@H]3C)cc1. The number of fused-ring (bicyclic) bond motifs is 1. The standard InChI is InChI=1S/C19H23N3O3S/c1-4-26(24,25)16-7-5-14(6-8-16)10-21-19(23)15-9-17-12(2)22-13(3)18(17)20-11-15/h5-9,11-13,22H,4,10H2,1-3H3,(H,21,23)/t12?,13-/m0/s1. The number of nitrogens with zero attached hydrogens (tertiary/aromatic N) is 1. The number of sulfone groups is 1. The van der Waals surface area contributed by atoms with Gasteiger partial charge in [-0.15, -0.1) is 0 Å². The molecule has 2 aromatic rings. The molecule has 3 rings (SSSR count). The van der Waals surface area contributed by atoms with Gasteiger partial charge >= 0.3 is 0 Å². The van der Waals surface area contributed by atoms with Crippen molar-refractivity contribution in [3.8, 4) is 0 Å². The molecule has 1 unspecified atom stereocenters. The zero-order chi connectivity index (χ0) is 18.9. The van der Waals surface area contributed by atoms with Gasteiger partial charge in [0.1, 0.15) is 0 Å². The van der Waals surface area contributed by atoms with Gasteiger partial charge in [0.05, 0.1) is 21.9 Å². The minimum absolute atomic E-state index is 0.0698. The van der Waals surface area contributed by atoms with Crippen molar-refractivity contribution in [1.82, 2.24) is 15.6 Å². The molecule has 1 amide bonds. The highest BCUT2D eigenvalue weighted by Crippen LogP contribution is 2.31. The summed E-state index contributed by atoms with van der Waals surface area (Å²) in [6, 6.07) is 8.84. The second kappa shape index (κ2) is 7.17. The van der Waals surface area contributed by atoms with E-state index in [-0.39, 0.29) is 23.7 Å². The number of amides is 1. The summed E-state index contributed by atoms with van der Waals surface area (Å²) in [5, 5.41) is 6.24. The highest BCUT2D eigenvalue weighted by molar-refractivity contribution is 7.91. The van der Waals surface area contributed by atoms with E-state index in [0.717, 1.165) is 16.8 Å². The molecule has 7 heteroatoms. The minimum atomic E-state index is -3.21. The molecular weight excluding hydrogens is 350 g/mol. The molecule has 1 aromatic carbocycles. The molecule has 0 fully saturated rings. The second-order valence-corrected chi connectivity index (χ2v) is 8.82. The lowest BCUT2D eigenvalue weighted by molar-refractivity contribution is 0.0950. The van der Waals surface area contributed by atoms with Gasteiger partial charge in [0.2, 0.25) is 0 Å². The third kappa shape index (κ3) is 3.64. The first-order valence-electron chi connectivity index (χ1n) is 8.67. The number of carbonyl (C=O) groups is 1. The van der Waals surface area contributed by atoms with Gasteiger partial charge in [-0.3, -0.25) is 9.78 Å². The van der Waals surface area contributed by atoms with Crippen molar-refractivity contribution < 1.29 is 13.2 Å². The van der Waals surface area contributed by atoms with Crippen LogP contribution in [-0.4, -0.2) is 25.1 Å². The normalized spacial score (nSPS) is 19.2.